The summed E-state index contributed by atoms with van der Waals surface area (Å²) in [5.74, 6) is -0.0175. The maximum atomic E-state index is 12.3. The van der Waals surface area contributed by atoms with Gasteiger partial charge in [-0.05, 0) is 55.2 Å². The lowest BCUT2D eigenvalue weighted by Gasteiger charge is -2.09. The standard InChI is InChI=1S/C18H17NO4/c20-17(19-15-5-1-4-14(9-15)18(21)22)13-3-2-6-16(10-13)23-11-12-7-8-12/h1-6,9-10,12H,7-8,11H2,(H,19,20)(H,21,22). The van der Waals surface area contributed by atoms with E-state index in [0.29, 0.717) is 29.5 Å². The van der Waals surface area contributed by atoms with E-state index in [1.54, 1.807) is 30.3 Å². The summed E-state index contributed by atoms with van der Waals surface area (Å²) in [6.45, 7) is 0.686. The monoisotopic (exact) mass is 311 g/mol. The van der Waals surface area contributed by atoms with Crippen molar-refractivity contribution in [3.63, 3.8) is 0 Å². The van der Waals surface area contributed by atoms with Crippen molar-refractivity contribution in [2.24, 2.45) is 5.92 Å². The Morgan fingerprint density at radius 1 is 1.09 bits per heavy atom. The molecule has 5 nitrogen and oxygen atoms in total. The number of carbonyl (C=O) groups excluding carboxylic acids is 1. The summed E-state index contributed by atoms with van der Waals surface area (Å²) < 4.78 is 5.66. The average molecular weight is 311 g/mol. The Balaban J connectivity index is 1.68. The highest BCUT2D eigenvalue weighted by Crippen LogP contribution is 2.29. The van der Waals surface area contributed by atoms with Crippen molar-refractivity contribution in [3.05, 3.63) is 59.7 Å². The molecule has 0 aliphatic heterocycles. The molecule has 23 heavy (non-hydrogen) atoms. The van der Waals surface area contributed by atoms with Crippen LogP contribution in [0.25, 0.3) is 0 Å². The van der Waals surface area contributed by atoms with E-state index in [2.05, 4.69) is 5.32 Å². The van der Waals surface area contributed by atoms with Crippen molar-refractivity contribution in [1.29, 1.82) is 0 Å². The van der Waals surface area contributed by atoms with Gasteiger partial charge >= 0.3 is 5.97 Å². The minimum atomic E-state index is -1.03. The number of anilines is 1. The Morgan fingerprint density at radius 3 is 2.57 bits per heavy atom. The number of carboxylic acid groups (broad SMARTS) is 1. The second-order valence-electron chi connectivity index (χ2n) is 5.62. The molecular weight excluding hydrogens is 294 g/mol. The lowest BCUT2D eigenvalue weighted by Crippen LogP contribution is -2.12. The van der Waals surface area contributed by atoms with Crippen LogP contribution in [0.1, 0.15) is 33.6 Å². The molecule has 3 rings (SSSR count). The summed E-state index contributed by atoms with van der Waals surface area (Å²) in [4.78, 5) is 23.2. The summed E-state index contributed by atoms with van der Waals surface area (Å²) in [6, 6.07) is 13.1. The van der Waals surface area contributed by atoms with Crippen molar-refractivity contribution < 1.29 is 19.4 Å². The minimum absolute atomic E-state index is 0.129. The molecule has 0 heterocycles. The van der Waals surface area contributed by atoms with E-state index in [1.165, 1.54) is 25.0 Å². The largest absolute Gasteiger partial charge is 0.493 e. The zero-order chi connectivity index (χ0) is 16.2. The van der Waals surface area contributed by atoms with Crippen LogP contribution in [0.2, 0.25) is 0 Å². The average Bonchev–Trinajstić information content (AvgIpc) is 3.38. The Hall–Kier alpha value is -2.82. The van der Waals surface area contributed by atoms with Crippen LogP contribution in [-0.4, -0.2) is 23.6 Å². The fourth-order valence-electron chi connectivity index (χ4n) is 2.16. The summed E-state index contributed by atoms with van der Waals surface area (Å²) in [5, 5.41) is 11.7. The number of benzene rings is 2. The fourth-order valence-corrected chi connectivity index (χ4v) is 2.16. The van der Waals surface area contributed by atoms with E-state index in [0.717, 1.165) is 0 Å². The predicted molar refractivity (Wildman–Crippen MR) is 86.0 cm³/mol. The molecule has 2 aromatic carbocycles. The molecule has 1 amide bonds. The van der Waals surface area contributed by atoms with Crippen LogP contribution in [0.5, 0.6) is 5.75 Å². The minimum Gasteiger partial charge on any atom is -0.493 e. The van der Waals surface area contributed by atoms with Gasteiger partial charge in [0.25, 0.3) is 5.91 Å². The van der Waals surface area contributed by atoms with E-state index in [4.69, 9.17) is 9.84 Å². The number of hydrogen-bond donors (Lipinski definition) is 2. The summed E-state index contributed by atoms with van der Waals surface area (Å²) >= 11 is 0. The molecule has 1 saturated carbocycles. The molecule has 0 radical (unpaired) electrons. The van der Waals surface area contributed by atoms with Crippen LogP contribution in [0, 0.1) is 5.92 Å². The van der Waals surface area contributed by atoms with Crippen molar-refractivity contribution in [2.45, 2.75) is 12.8 Å². The molecule has 0 saturated heterocycles. The van der Waals surface area contributed by atoms with Crippen LogP contribution >= 0.6 is 0 Å². The lowest BCUT2D eigenvalue weighted by atomic mass is 10.1. The summed E-state index contributed by atoms with van der Waals surface area (Å²) in [6.07, 6.45) is 2.42. The smallest absolute Gasteiger partial charge is 0.335 e. The van der Waals surface area contributed by atoms with Crippen molar-refractivity contribution in [2.75, 3.05) is 11.9 Å². The van der Waals surface area contributed by atoms with Gasteiger partial charge in [0.15, 0.2) is 0 Å². The molecule has 1 aliphatic carbocycles. The molecular formula is C18H17NO4. The van der Waals surface area contributed by atoms with Gasteiger partial charge in [0.2, 0.25) is 0 Å². The quantitative estimate of drug-likeness (QED) is 0.857. The SMILES string of the molecule is O=C(O)c1cccc(NC(=O)c2cccc(OCC3CC3)c2)c1. The lowest BCUT2D eigenvalue weighted by molar-refractivity contribution is 0.0696. The third-order valence-electron chi connectivity index (χ3n) is 3.65. The van der Waals surface area contributed by atoms with Gasteiger partial charge in [-0.1, -0.05) is 12.1 Å². The van der Waals surface area contributed by atoms with Crippen LogP contribution < -0.4 is 10.1 Å². The first-order valence-corrected chi connectivity index (χ1v) is 7.49. The van der Waals surface area contributed by atoms with E-state index < -0.39 is 5.97 Å². The normalized spacial score (nSPS) is 13.4. The first-order valence-electron chi connectivity index (χ1n) is 7.49. The Labute approximate surface area is 133 Å². The van der Waals surface area contributed by atoms with Gasteiger partial charge < -0.3 is 15.2 Å². The first-order chi connectivity index (χ1) is 11.1. The maximum Gasteiger partial charge on any atom is 0.335 e. The second-order valence-corrected chi connectivity index (χ2v) is 5.62. The van der Waals surface area contributed by atoms with Gasteiger partial charge in [-0.15, -0.1) is 0 Å². The molecule has 0 unspecified atom stereocenters. The topological polar surface area (TPSA) is 75.6 Å². The number of aromatic carboxylic acids is 1. The Bertz CT molecular complexity index is 737. The highest BCUT2D eigenvalue weighted by molar-refractivity contribution is 6.05. The predicted octanol–water partition coefficient (Wildman–Crippen LogP) is 3.43. The number of ether oxygens (including phenoxy) is 1. The number of hydrogen-bond acceptors (Lipinski definition) is 3. The first kappa shape index (κ1) is 15.1. The highest BCUT2D eigenvalue weighted by Gasteiger charge is 2.22. The van der Waals surface area contributed by atoms with E-state index >= 15 is 0 Å². The summed E-state index contributed by atoms with van der Waals surface area (Å²) in [7, 11) is 0. The number of rotatable bonds is 6. The molecule has 0 spiro atoms. The van der Waals surface area contributed by atoms with Gasteiger partial charge in [-0.25, -0.2) is 4.79 Å². The molecule has 1 aliphatic rings. The molecule has 1 fully saturated rings. The number of carboxylic acids is 1. The van der Waals surface area contributed by atoms with Crippen LogP contribution in [0.15, 0.2) is 48.5 Å². The van der Waals surface area contributed by atoms with Gasteiger partial charge in [0.1, 0.15) is 5.75 Å². The summed E-state index contributed by atoms with van der Waals surface area (Å²) in [5.41, 5.74) is 1.04. The van der Waals surface area contributed by atoms with Crippen molar-refractivity contribution in [3.8, 4) is 5.75 Å². The van der Waals surface area contributed by atoms with E-state index in [1.807, 2.05) is 6.07 Å². The molecule has 0 atom stereocenters. The van der Waals surface area contributed by atoms with Gasteiger partial charge in [0.05, 0.1) is 12.2 Å². The maximum absolute atomic E-state index is 12.3. The Morgan fingerprint density at radius 2 is 1.83 bits per heavy atom. The number of nitrogens with one attached hydrogen (secondary N) is 1. The third kappa shape index (κ3) is 4.10. The van der Waals surface area contributed by atoms with Crippen LogP contribution in [0.3, 0.4) is 0 Å². The molecule has 0 aromatic heterocycles. The molecule has 0 bridgehead atoms. The van der Waals surface area contributed by atoms with Crippen molar-refractivity contribution >= 4 is 17.6 Å². The van der Waals surface area contributed by atoms with Gasteiger partial charge in [-0.2, -0.15) is 0 Å². The van der Waals surface area contributed by atoms with Crippen LogP contribution in [0.4, 0.5) is 5.69 Å². The molecule has 2 aromatic rings. The molecule has 118 valence electrons. The van der Waals surface area contributed by atoms with E-state index in [-0.39, 0.29) is 11.5 Å². The molecule has 5 heteroatoms. The number of amides is 1. The number of carbonyl (C=O) groups is 2. The van der Waals surface area contributed by atoms with Gasteiger partial charge in [0, 0.05) is 11.3 Å². The Kier molecular flexibility index (Phi) is 4.28. The fraction of sp³-hybridized carbons (Fsp3) is 0.222. The third-order valence-corrected chi connectivity index (χ3v) is 3.65. The second kappa shape index (κ2) is 6.52. The zero-order valence-electron chi connectivity index (χ0n) is 12.5. The molecule has 2 N–H and O–H groups in total. The highest BCUT2D eigenvalue weighted by atomic mass is 16.5. The zero-order valence-corrected chi connectivity index (χ0v) is 12.5. The van der Waals surface area contributed by atoms with Crippen molar-refractivity contribution in [1.82, 2.24) is 0 Å². The van der Waals surface area contributed by atoms with Gasteiger partial charge in [-0.3, -0.25) is 4.79 Å². The van der Waals surface area contributed by atoms with E-state index in [9.17, 15) is 9.59 Å². The van der Waals surface area contributed by atoms with Crippen LogP contribution in [-0.2, 0) is 0 Å².